The molecule has 0 fully saturated rings. The molecule has 1 aromatic rings. The lowest BCUT2D eigenvalue weighted by Crippen LogP contribution is -2.11. The lowest BCUT2D eigenvalue weighted by atomic mass is 10.1. The topological polar surface area (TPSA) is 72.3 Å². The average Bonchev–Trinajstić information content (AvgIpc) is 2.06. The van der Waals surface area contributed by atoms with Gasteiger partial charge in [-0.1, -0.05) is 12.1 Å². The van der Waals surface area contributed by atoms with Gasteiger partial charge in [-0.25, -0.2) is 0 Å². The Balaban J connectivity index is 0. The first-order chi connectivity index (χ1) is 5.74. The Morgan fingerprint density at radius 3 is 2.07 bits per heavy atom. The Bertz CT molecular complexity index is 241. The predicted octanol–water partition coefficient (Wildman–Crippen LogP) is 1.49. The Kier molecular flexibility index (Phi) is 8.99. The predicted molar refractivity (Wildman–Crippen MR) is 64.0 cm³/mol. The highest BCUT2D eigenvalue weighted by molar-refractivity contribution is 5.85. The normalized spacial score (nSPS) is 11.0. The summed E-state index contributed by atoms with van der Waals surface area (Å²) in [5.41, 5.74) is 13.0. The number of rotatable bonds is 3. The molecule has 0 bridgehead atoms. The number of hydrogen-bond acceptors (Lipinski definition) is 3. The number of aliphatic hydroxyl groups excluding tert-OH is 1. The van der Waals surface area contributed by atoms with Crippen LogP contribution in [0.3, 0.4) is 0 Å². The van der Waals surface area contributed by atoms with Crippen LogP contribution in [0.2, 0.25) is 0 Å². The summed E-state index contributed by atoms with van der Waals surface area (Å²) in [4.78, 5) is 0. The smallest absolute Gasteiger partial charge is 0.0449 e. The zero-order valence-corrected chi connectivity index (χ0v) is 9.35. The van der Waals surface area contributed by atoms with Gasteiger partial charge in [0.25, 0.3) is 0 Å². The monoisotopic (exact) mass is 238 g/mol. The van der Waals surface area contributed by atoms with E-state index < -0.39 is 0 Å². The molecule has 1 atom stereocenters. The number of nitrogens with two attached hydrogens (primary N) is 2. The fraction of sp³-hybridized carbons (Fsp3) is 0.333. The van der Waals surface area contributed by atoms with E-state index in [4.69, 9.17) is 16.6 Å². The van der Waals surface area contributed by atoms with Crippen LogP contribution in [0.25, 0.3) is 0 Å². The Labute approximate surface area is 96.3 Å². The molecule has 3 nitrogen and oxygen atoms in total. The first kappa shape index (κ1) is 16.0. The van der Waals surface area contributed by atoms with Gasteiger partial charge in [0, 0.05) is 18.3 Å². The standard InChI is InChI=1S/C9H14N2O.2ClH/c10-8-3-1-7(2-4-8)9(11)5-6-12;;/h1-4,9,12H,5-6,10-11H2;2*1H/t9-;;/m0../s1. The Hall–Kier alpha value is -0.480. The molecule has 1 aromatic carbocycles. The van der Waals surface area contributed by atoms with Crippen molar-refractivity contribution in [3.05, 3.63) is 29.8 Å². The summed E-state index contributed by atoms with van der Waals surface area (Å²) in [6.45, 7) is 0.117. The van der Waals surface area contributed by atoms with Crippen molar-refractivity contribution in [2.24, 2.45) is 5.73 Å². The van der Waals surface area contributed by atoms with Crippen LogP contribution in [0, 0.1) is 0 Å². The van der Waals surface area contributed by atoms with Gasteiger partial charge in [-0.3, -0.25) is 0 Å². The maximum absolute atomic E-state index is 8.65. The molecule has 0 aliphatic rings. The van der Waals surface area contributed by atoms with Crippen molar-refractivity contribution in [1.29, 1.82) is 0 Å². The number of benzene rings is 1. The van der Waals surface area contributed by atoms with Crippen molar-refractivity contribution in [3.8, 4) is 0 Å². The number of anilines is 1. The molecule has 5 heteroatoms. The second kappa shape index (κ2) is 7.88. The fourth-order valence-corrected chi connectivity index (χ4v) is 1.05. The molecule has 0 heterocycles. The minimum atomic E-state index is -0.0874. The first-order valence-electron chi connectivity index (χ1n) is 3.96. The molecule has 82 valence electrons. The highest BCUT2D eigenvalue weighted by Gasteiger charge is 2.03. The van der Waals surface area contributed by atoms with E-state index in [1.165, 1.54) is 0 Å². The SMILES string of the molecule is Cl.Cl.Nc1ccc([C@@H](N)CCO)cc1. The van der Waals surface area contributed by atoms with Crippen LogP contribution >= 0.6 is 24.8 Å². The van der Waals surface area contributed by atoms with Gasteiger partial charge in [0.15, 0.2) is 0 Å². The number of nitrogen functional groups attached to an aromatic ring is 1. The van der Waals surface area contributed by atoms with Gasteiger partial charge in [0.1, 0.15) is 0 Å². The van der Waals surface area contributed by atoms with Gasteiger partial charge in [0.05, 0.1) is 0 Å². The quantitative estimate of drug-likeness (QED) is 0.700. The van der Waals surface area contributed by atoms with Crippen molar-refractivity contribution >= 4 is 30.5 Å². The van der Waals surface area contributed by atoms with Gasteiger partial charge < -0.3 is 16.6 Å². The molecular weight excluding hydrogens is 223 g/mol. The number of aliphatic hydroxyl groups is 1. The summed E-state index contributed by atoms with van der Waals surface area (Å²) < 4.78 is 0. The van der Waals surface area contributed by atoms with Crippen molar-refractivity contribution in [2.45, 2.75) is 12.5 Å². The molecule has 0 amide bonds. The van der Waals surface area contributed by atoms with Gasteiger partial charge in [-0.2, -0.15) is 0 Å². The van der Waals surface area contributed by atoms with Crippen molar-refractivity contribution in [3.63, 3.8) is 0 Å². The summed E-state index contributed by atoms with van der Waals surface area (Å²) in [6.07, 6.45) is 0.587. The third kappa shape index (κ3) is 4.67. The van der Waals surface area contributed by atoms with Crippen LogP contribution in [-0.2, 0) is 0 Å². The second-order valence-corrected chi connectivity index (χ2v) is 2.79. The highest BCUT2D eigenvalue weighted by Crippen LogP contribution is 2.14. The molecule has 1 rings (SSSR count). The highest BCUT2D eigenvalue weighted by atomic mass is 35.5. The maximum atomic E-state index is 8.65. The van der Waals surface area contributed by atoms with Crippen LogP contribution in [0.1, 0.15) is 18.0 Å². The van der Waals surface area contributed by atoms with Crippen LogP contribution in [0.5, 0.6) is 0 Å². The molecule has 0 aliphatic heterocycles. The van der Waals surface area contributed by atoms with E-state index in [1.807, 2.05) is 24.3 Å². The minimum Gasteiger partial charge on any atom is -0.399 e. The lowest BCUT2D eigenvalue weighted by molar-refractivity contribution is 0.276. The minimum absolute atomic E-state index is 0. The number of hydrogen-bond donors (Lipinski definition) is 3. The Morgan fingerprint density at radius 2 is 1.64 bits per heavy atom. The molecule has 0 aliphatic carbocycles. The zero-order chi connectivity index (χ0) is 8.97. The molecule has 0 spiro atoms. The van der Waals surface area contributed by atoms with Gasteiger partial charge in [0.2, 0.25) is 0 Å². The van der Waals surface area contributed by atoms with E-state index >= 15 is 0 Å². The van der Waals surface area contributed by atoms with E-state index in [9.17, 15) is 0 Å². The maximum Gasteiger partial charge on any atom is 0.0449 e. The van der Waals surface area contributed by atoms with Crippen LogP contribution in [-0.4, -0.2) is 11.7 Å². The van der Waals surface area contributed by atoms with Gasteiger partial charge in [-0.05, 0) is 24.1 Å². The zero-order valence-electron chi connectivity index (χ0n) is 7.72. The second-order valence-electron chi connectivity index (χ2n) is 2.79. The summed E-state index contributed by atoms with van der Waals surface area (Å²) in [6, 6.07) is 7.31. The van der Waals surface area contributed by atoms with E-state index in [0.717, 1.165) is 11.3 Å². The summed E-state index contributed by atoms with van der Waals surface area (Å²) >= 11 is 0. The summed E-state index contributed by atoms with van der Waals surface area (Å²) in [5.74, 6) is 0. The van der Waals surface area contributed by atoms with Gasteiger partial charge >= 0.3 is 0 Å². The Morgan fingerprint density at radius 1 is 1.14 bits per heavy atom. The molecule has 0 saturated heterocycles. The molecule has 0 unspecified atom stereocenters. The van der Waals surface area contributed by atoms with Crippen LogP contribution in [0.15, 0.2) is 24.3 Å². The van der Waals surface area contributed by atoms with Crippen molar-refractivity contribution < 1.29 is 5.11 Å². The van der Waals surface area contributed by atoms with E-state index in [-0.39, 0.29) is 37.5 Å². The van der Waals surface area contributed by atoms with E-state index in [2.05, 4.69) is 0 Å². The molecule has 0 saturated carbocycles. The molecular formula is C9H16Cl2N2O. The fourth-order valence-electron chi connectivity index (χ4n) is 1.05. The van der Waals surface area contributed by atoms with Crippen LogP contribution < -0.4 is 11.5 Å². The molecule has 5 N–H and O–H groups in total. The third-order valence-electron chi connectivity index (χ3n) is 1.80. The largest absolute Gasteiger partial charge is 0.399 e. The average molecular weight is 239 g/mol. The van der Waals surface area contributed by atoms with E-state index in [1.54, 1.807) is 0 Å². The molecule has 0 aromatic heterocycles. The molecule has 0 radical (unpaired) electrons. The van der Waals surface area contributed by atoms with Crippen molar-refractivity contribution in [2.75, 3.05) is 12.3 Å². The third-order valence-corrected chi connectivity index (χ3v) is 1.80. The first-order valence-corrected chi connectivity index (χ1v) is 3.96. The molecule has 14 heavy (non-hydrogen) atoms. The number of halogens is 2. The summed E-state index contributed by atoms with van der Waals surface area (Å²) in [5, 5.41) is 8.65. The summed E-state index contributed by atoms with van der Waals surface area (Å²) in [7, 11) is 0. The van der Waals surface area contributed by atoms with Gasteiger partial charge in [-0.15, -0.1) is 24.8 Å². The van der Waals surface area contributed by atoms with Crippen LogP contribution in [0.4, 0.5) is 5.69 Å². The van der Waals surface area contributed by atoms with E-state index in [0.29, 0.717) is 6.42 Å². The lowest BCUT2D eigenvalue weighted by Gasteiger charge is -2.09. The van der Waals surface area contributed by atoms with Crippen molar-refractivity contribution in [1.82, 2.24) is 0 Å².